The number of nitrogens with zero attached hydrogens (tertiary/aromatic N) is 2. The molecule has 0 spiro atoms. The van der Waals surface area contributed by atoms with Crippen molar-refractivity contribution in [1.82, 2.24) is 15.0 Å². The van der Waals surface area contributed by atoms with Crippen LogP contribution in [0.1, 0.15) is 18.2 Å². The Hall–Kier alpha value is -2.42. The molecule has 1 aromatic carbocycles. The number of H-pyrrole nitrogens is 1. The normalized spacial score (nSPS) is 11.7. The Balaban J connectivity index is 1.74. The van der Waals surface area contributed by atoms with E-state index in [1.807, 2.05) is 19.9 Å². The number of thioether (sulfide) groups is 1. The van der Waals surface area contributed by atoms with Gasteiger partial charge >= 0.3 is 6.11 Å². The van der Waals surface area contributed by atoms with Crippen LogP contribution in [-0.2, 0) is 5.75 Å². The fourth-order valence-electron chi connectivity index (χ4n) is 2.45. The average Bonchev–Trinajstić information content (AvgIpc) is 3.04. The molecule has 0 aliphatic heterocycles. The van der Waals surface area contributed by atoms with Crippen molar-refractivity contribution in [2.24, 2.45) is 0 Å². The Morgan fingerprint density at radius 1 is 1.26 bits per heavy atom. The first-order valence-electron chi connectivity index (χ1n) is 8.24. The van der Waals surface area contributed by atoms with Gasteiger partial charge in [-0.2, -0.15) is 8.78 Å². The molecule has 0 unspecified atom stereocenters. The van der Waals surface area contributed by atoms with Gasteiger partial charge in [0, 0.05) is 23.6 Å². The maximum absolute atomic E-state index is 13.0. The van der Waals surface area contributed by atoms with Crippen LogP contribution in [0.2, 0.25) is 0 Å². The van der Waals surface area contributed by atoms with Crippen molar-refractivity contribution >= 4 is 22.8 Å². The third-order valence-corrected chi connectivity index (χ3v) is 4.64. The SMILES string of the molecule is CCOc1ccnc(CSc2nc3cc(OC(F)(F)CF)ccc3[nH]2)c1C. The Kier molecular flexibility index (Phi) is 5.79. The predicted octanol–water partition coefficient (Wildman–Crippen LogP) is 4.90. The number of fused-ring (bicyclic) bond motifs is 1. The molecule has 3 rings (SSSR count). The summed E-state index contributed by atoms with van der Waals surface area (Å²) in [5, 5.41) is 0.613. The Morgan fingerprint density at radius 3 is 2.81 bits per heavy atom. The second-order valence-electron chi connectivity index (χ2n) is 5.70. The Bertz CT molecular complexity index is 933. The number of hydrogen-bond acceptors (Lipinski definition) is 5. The number of halogens is 3. The summed E-state index contributed by atoms with van der Waals surface area (Å²) in [6.45, 7) is 2.55. The fraction of sp³-hybridized carbons (Fsp3) is 0.333. The molecule has 0 saturated heterocycles. The maximum atomic E-state index is 13.0. The van der Waals surface area contributed by atoms with Crippen LogP contribution in [0.5, 0.6) is 11.5 Å². The van der Waals surface area contributed by atoms with Gasteiger partial charge in [0.2, 0.25) is 0 Å². The topological polar surface area (TPSA) is 60.0 Å². The zero-order chi connectivity index (χ0) is 19.4. The van der Waals surface area contributed by atoms with E-state index in [2.05, 4.69) is 19.7 Å². The number of alkyl halides is 3. The first-order valence-corrected chi connectivity index (χ1v) is 9.23. The molecule has 0 aliphatic carbocycles. The summed E-state index contributed by atoms with van der Waals surface area (Å²) in [5.74, 6) is 1.22. The molecule has 0 aliphatic rings. The number of ether oxygens (including phenoxy) is 2. The zero-order valence-electron chi connectivity index (χ0n) is 14.8. The molecule has 9 heteroatoms. The number of rotatable bonds is 8. The van der Waals surface area contributed by atoms with E-state index in [1.54, 1.807) is 12.3 Å². The lowest BCUT2D eigenvalue weighted by Gasteiger charge is -2.13. The minimum Gasteiger partial charge on any atom is -0.493 e. The molecule has 0 saturated carbocycles. The van der Waals surface area contributed by atoms with Gasteiger partial charge in [-0.15, -0.1) is 0 Å². The zero-order valence-corrected chi connectivity index (χ0v) is 15.6. The molecule has 0 bridgehead atoms. The van der Waals surface area contributed by atoms with Crippen LogP contribution in [0.15, 0.2) is 35.6 Å². The minimum absolute atomic E-state index is 0.143. The van der Waals surface area contributed by atoms with Gasteiger partial charge in [-0.1, -0.05) is 11.8 Å². The number of benzene rings is 1. The first kappa shape index (κ1) is 19.3. The van der Waals surface area contributed by atoms with Crippen LogP contribution in [0.3, 0.4) is 0 Å². The van der Waals surface area contributed by atoms with Crippen LogP contribution in [0.25, 0.3) is 11.0 Å². The second-order valence-corrected chi connectivity index (χ2v) is 6.66. The van der Waals surface area contributed by atoms with Crippen LogP contribution in [-0.4, -0.2) is 34.3 Å². The molecule has 3 aromatic rings. The third-order valence-electron chi connectivity index (χ3n) is 3.76. The van der Waals surface area contributed by atoms with Crippen LogP contribution < -0.4 is 9.47 Å². The van der Waals surface area contributed by atoms with Gasteiger partial charge in [-0.05, 0) is 32.0 Å². The quantitative estimate of drug-likeness (QED) is 0.548. The van der Waals surface area contributed by atoms with E-state index in [4.69, 9.17) is 4.74 Å². The number of imidazole rings is 1. The van der Waals surface area contributed by atoms with E-state index in [0.29, 0.717) is 28.5 Å². The summed E-state index contributed by atoms with van der Waals surface area (Å²) < 4.78 is 48.2. The van der Waals surface area contributed by atoms with Gasteiger partial charge in [-0.25, -0.2) is 9.37 Å². The van der Waals surface area contributed by atoms with Gasteiger partial charge in [0.05, 0.1) is 23.3 Å². The van der Waals surface area contributed by atoms with Crippen molar-refractivity contribution in [2.45, 2.75) is 30.9 Å². The Labute approximate surface area is 158 Å². The second kappa shape index (κ2) is 8.08. The molecule has 27 heavy (non-hydrogen) atoms. The van der Waals surface area contributed by atoms with E-state index < -0.39 is 12.8 Å². The van der Waals surface area contributed by atoms with E-state index in [0.717, 1.165) is 17.0 Å². The average molecular weight is 397 g/mol. The summed E-state index contributed by atoms with van der Waals surface area (Å²) in [7, 11) is 0. The summed E-state index contributed by atoms with van der Waals surface area (Å²) in [6, 6.07) is 6.08. The number of aromatic amines is 1. The van der Waals surface area contributed by atoms with Crippen molar-refractivity contribution in [1.29, 1.82) is 0 Å². The van der Waals surface area contributed by atoms with Crippen LogP contribution >= 0.6 is 11.8 Å². The van der Waals surface area contributed by atoms with Gasteiger partial charge < -0.3 is 14.5 Å². The predicted molar refractivity (Wildman–Crippen MR) is 97.3 cm³/mol. The molecular weight excluding hydrogens is 379 g/mol. The third kappa shape index (κ3) is 4.65. The van der Waals surface area contributed by atoms with Crippen molar-refractivity contribution < 1.29 is 22.6 Å². The van der Waals surface area contributed by atoms with Gasteiger partial charge in [0.1, 0.15) is 11.5 Å². The van der Waals surface area contributed by atoms with Gasteiger partial charge in [-0.3, -0.25) is 4.98 Å². The van der Waals surface area contributed by atoms with Gasteiger partial charge in [0.25, 0.3) is 0 Å². The molecule has 2 aromatic heterocycles. The number of nitrogens with one attached hydrogen (secondary N) is 1. The maximum Gasteiger partial charge on any atom is 0.427 e. The smallest absolute Gasteiger partial charge is 0.427 e. The highest BCUT2D eigenvalue weighted by atomic mass is 32.2. The molecule has 5 nitrogen and oxygen atoms in total. The lowest BCUT2D eigenvalue weighted by atomic mass is 10.2. The van der Waals surface area contributed by atoms with Crippen molar-refractivity contribution in [3.05, 3.63) is 41.7 Å². The van der Waals surface area contributed by atoms with E-state index in [-0.39, 0.29) is 5.75 Å². The van der Waals surface area contributed by atoms with E-state index >= 15 is 0 Å². The molecule has 144 valence electrons. The van der Waals surface area contributed by atoms with Crippen LogP contribution in [0.4, 0.5) is 13.2 Å². The lowest BCUT2D eigenvalue weighted by molar-refractivity contribution is -0.186. The number of aromatic nitrogens is 3. The largest absolute Gasteiger partial charge is 0.493 e. The summed E-state index contributed by atoms with van der Waals surface area (Å²) in [6.07, 6.45) is -2.16. The van der Waals surface area contributed by atoms with E-state index in [1.165, 1.54) is 23.9 Å². The summed E-state index contributed by atoms with van der Waals surface area (Å²) in [4.78, 5) is 11.8. The standard InChI is InChI=1S/C18H18F3N3O2S/c1-3-25-16-6-7-22-15(11(16)2)9-27-17-23-13-5-4-12(8-14(13)24-17)26-18(20,21)10-19/h4-8H,3,9-10H2,1-2H3,(H,23,24). The molecule has 0 atom stereocenters. The first-order chi connectivity index (χ1) is 12.9. The van der Waals surface area contributed by atoms with Gasteiger partial charge in [0.15, 0.2) is 11.8 Å². The summed E-state index contributed by atoms with van der Waals surface area (Å²) >= 11 is 1.43. The number of hydrogen-bond donors (Lipinski definition) is 1. The highest BCUT2D eigenvalue weighted by Gasteiger charge is 2.31. The van der Waals surface area contributed by atoms with Crippen molar-refractivity contribution in [3.8, 4) is 11.5 Å². The highest BCUT2D eigenvalue weighted by Crippen LogP contribution is 2.29. The molecular formula is C18H18F3N3O2S. The lowest BCUT2D eigenvalue weighted by Crippen LogP contribution is -2.26. The van der Waals surface area contributed by atoms with Crippen LogP contribution in [0, 0.1) is 6.92 Å². The summed E-state index contributed by atoms with van der Waals surface area (Å²) in [5.41, 5.74) is 2.96. The molecule has 0 amide bonds. The molecule has 2 heterocycles. The molecule has 1 N–H and O–H groups in total. The number of pyridine rings is 1. The van der Waals surface area contributed by atoms with E-state index in [9.17, 15) is 13.2 Å². The molecule has 0 fully saturated rings. The highest BCUT2D eigenvalue weighted by molar-refractivity contribution is 7.98. The van der Waals surface area contributed by atoms with Crippen molar-refractivity contribution in [2.75, 3.05) is 13.3 Å². The molecule has 0 radical (unpaired) electrons. The minimum atomic E-state index is -3.85. The Morgan fingerprint density at radius 2 is 2.07 bits per heavy atom. The van der Waals surface area contributed by atoms with Crippen molar-refractivity contribution in [3.63, 3.8) is 0 Å². The fourth-order valence-corrected chi connectivity index (χ4v) is 3.36. The monoisotopic (exact) mass is 397 g/mol.